The smallest absolute Gasteiger partial charge is 0.252 e. The van der Waals surface area contributed by atoms with Gasteiger partial charge < -0.3 is 0 Å². The Kier molecular flexibility index (Phi) is 4.15. The van der Waals surface area contributed by atoms with Gasteiger partial charge in [-0.2, -0.15) is 4.31 Å². The average molecular weight is 367 g/mol. The van der Waals surface area contributed by atoms with Crippen molar-refractivity contribution in [2.75, 3.05) is 26.7 Å². The van der Waals surface area contributed by atoms with Crippen LogP contribution in [0.15, 0.2) is 14.1 Å². The minimum Gasteiger partial charge on any atom is -0.299 e. The zero-order valence-corrected chi connectivity index (χ0v) is 14.8. The van der Waals surface area contributed by atoms with E-state index < -0.39 is 10.0 Å². The molecule has 4 nitrogen and oxygen atoms in total. The summed E-state index contributed by atoms with van der Waals surface area (Å²) < 4.78 is 28.2. The minimum absolute atomic E-state index is 0.130. The van der Waals surface area contributed by atoms with Crippen molar-refractivity contribution in [1.29, 1.82) is 0 Å². The number of aryl methyl sites for hydroxylation is 1. The highest BCUT2D eigenvalue weighted by Gasteiger charge is 2.37. The van der Waals surface area contributed by atoms with Crippen molar-refractivity contribution in [3.05, 3.63) is 15.4 Å². The van der Waals surface area contributed by atoms with E-state index in [-0.39, 0.29) is 5.54 Å². The van der Waals surface area contributed by atoms with Crippen molar-refractivity contribution >= 4 is 37.3 Å². The largest absolute Gasteiger partial charge is 0.299 e. The van der Waals surface area contributed by atoms with Crippen LogP contribution in [-0.2, 0) is 10.0 Å². The number of hydrogen-bond donors (Lipinski definition) is 0. The highest BCUT2D eigenvalue weighted by atomic mass is 79.9. The first-order valence-corrected chi connectivity index (χ1v) is 9.17. The van der Waals surface area contributed by atoms with Crippen LogP contribution in [0.5, 0.6) is 0 Å². The summed E-state index contributed by atoms with van der Waals surface area (Å²) in [5.41, 5.74) is 0.839. The molecule has 0 aromatic carbocycles. The summed E-state index contributed by atoms with van der Waals surface area (Å²) in [4.78, 5) is 2.20. The molecule has 1 aliphatic heterocycles. The van der Waals surface area contributed by atoms with Crippen molar-refractivity contribution in [2.24, 2.45) is 0 Å². The van der Waals surface area contributed by atoms with Crippen molar-refractivity contribution < 1.29 is 8.42 Å². The van der Waals surface area contributed by atoms with E-state index in [1.807, 2.05) is 14.0 Å². The topological polar surface area (TPSA) is 40.6 Å². The molecule has 7 heteroatoms. The Morgan fingerprint density at radius 1 is 1.37 bits per heavy atom. The van der Waals surface area contributed by atoms with Gasteiger partial charge in [0.2, 0.25) is 0 Å². The zero-order valence-electron chi connectivity index (χ0n) is 11.6. The third-order valence-corrected chi connectivity index (χ3v) is 8.14. The first-order chi connectivity index (χ1) is 8.64. The Hall–Kier alpha value is 0.0500. The van der Waals surface area contributed by atoms with Gasteiger partial charge >= 0.3 is 0 Å². The second-order valence-electron chi connectivity index (χ2n) is 5.59. The Morgan fingerprint density at radius 3 is 2.47 bits per heavy atom. The van der Waals surface area contributed by atoms with Gasteiger partial charge in [0.25, 0.3) is 10.0 Å². The SMILES string of the molecule is Cc1cc(S(=O)(=O)N2CCN(C)C(C)(C)C2)sc1Br. The van der Waals surface area contributed by atoms with Crippen LogP contribution in [0.25, 0.3) is 0 Å². The monoisotopic (exact) mass is 366 g/mol. The van der Waals surface area contributed by atoms with Crippen molar-refractivity contribution in [3.63, 3.8) is 0 Å². The molecule has 0 spiro atoms. The summed E-state index contributed by atoms with van der Waals surface area (Å²) in [5.74, 6) is 0. The van der Waals surface area contributed by atoms with E-state index in [2.05, 4.69) is 34.7 Å². The lowest BCUT2D eigenvalue weighted by Crippen LogP contribution is -2.58. The molecule has 0 unspecified atom stereocenters. The number of halogens is 1. The molecule has 1 aromatic rings. The molecule has 2 heterocycles. The number of rotatable bonds is 2. The number of hydrogen-bond acceptors (Lipinski definition) is 4. The molecule has 1 fully saturated rings. The molecule has 0 radical (unpaired) electrons. The second-order valence-corrected chi connectivity index (χ2v) is 10.1. The molecule has 0 atom stereocenters. The van der Waals surface area contributed by atoms with E-state index in [9.17, 15) is 8.42 Å². The molecule has 1 aliphatic rings. The van der Waals surface area contributed by atoms with Gasteiger partial charge in [-0.05, 0) is 55.4 Å². The van der Waals surface area contributed by atoms with Crippen LogP contribution < -0.4 is 0 Å². The molecule has 1 saturated heterocycles. The van der Waals surface area contributed by atoms with Crippen LogP contribution in [0, 0.1) is 6.92 Å². The van der Waals surface area contributed by atoms with Gasteiger partial charge in [0, 0.05) is 25.2 Å². The third kappa shape index (κ3) is 2.90. The van der Waals surface area contributed by atoms with Gasteiger partial charge in [0.15, 0.2) is 0 Å². The Balaban J connectivity index is 2.31. The van der Waals surface area contributed by atoms with Crippen molar-refractivity contribution in [2.45, 2.75) is 30.5 Å². The van der Waals surface area contributed by atoms with E-state index in [1.165, 1.54) is 11.3 Å². The first-order valence-electron chi connectivity index (χ1n) is 6.12. The molecule has 19 heavy (non-hydrogen) atoms. The Morgan fingerprint density at radius 2 is 2.00 bits per heavy atom. The zero-order chi connectivity index (χ0) is 14.4. The number of thiophene rings is 1. The summed E-state index contributed by atoms with van der Waals surface area (Å²) >= 11 is 4.68. The molecule has 0 aliphatic carbocycles. The van der Waals surface area contributed by atoms with Gasteiger partial charge in [0.05, 0.1) is 3.79 Å². The molecular weight excluding hydrogens is 348 g/mol. The molecular formula is C12H19BrN2O2S2. The van der Waals surface area contributed by atoms with Crippen molar-refractivity contribution in [1.82, 2.24) is 9.21 Å². The fourth-order valence-electron chi connectivity index (χ4n) is 2.09. The van der Waals surface area contributed by atoms with Gasteiger partial charge in [0.1, 0.15) is 4.21 Å². The second kappa shape index (κ2) is 5.11. The van der Waals surface area contributed by atoms with Gasteiger partial charge in [-0.15, -0.1) is 11.3 Å². The summed E-state index contributed by atoms with van der Waals surface area (Å²) in [6.45, 7) is 7.90. The highest BCUT2D eigenvalue weighted by Crippen LogP contribution is 2.33. The third-order valence-electron chi connectivity index (χ3n) is 3.71. The lowest BCUT2D eigenvalue weighted by Gasteiger charge is -2.44. The molecule has 0 amide bonds. The van der Waals surface area contributed by atoms with E-state index >= 15 is 0 Å². The lowest BCUT2D eigenvalue weighted by atomic mass is 10.0. The molecule has 108 valence electrons. The standard InChI is InChI=1S/C12H19BrN2O2S2/c1-9-7-10(18-11(9)13)19(16,17)15-6-5-14(4)12(2,3)8-15/h7H,5-6,8H2,1-4H3. The molecule has 1 aromatic heterocycles. The van der Waals surface area contributed by atoms with Crippen LogP contribution in [0.1, 0.15) is 19.4 Å². The average Bonchev–Trinajstić information content (AvgIpc) is 2.63. The number of nitrogens with zero attached hydrogens (tertiary/aromatic N) is 2. The Bertz CT molecular complexity index is 561. The van der Waals surface area contributed by atoms with E-state index in [0.29, 0.717) is 17.3 Å². The van der Waals surface area contributed by atoms with Crippen LogP contribution in [0.3, 0.4) is 0 Å². The van der Waals surface area contributed by atoms with Crippen LogP contribution in [0.2, 0.25) is 0 Å². The lowest BCUT2D eigenvalue weighted by molar-refractivity contribution is 0.0802. The highest BCUT2D eigenvalue weighted by molar-refractivity contribution is 9.11. The van der Waals surface area contributed by atoms with Crippen LogP contribution in [-0.4, -0.2) is 49.8 Å². The molecule has 0 N–H and O–H groups in total. The predicted octanol–water partition coefficient (Wildman–Crippen LogP) is 2.53. The number of piperazine rings is 1. The molecule has 0 bridgehead atoms. The maximum Gasteiger partial charge on any atom is 0.252 e. The maximum absolute atomic E-state index is 12.6. The van der Waals surface area contributed by atoms with Crippen molar-refractivity contribution in [3.8, 4) is 0 Å². The first kappa shape index (κ1) is 15.4. The normalized spacial score (nSPS) is 21.7. The fraction of sp³-hybridized carbons (Fsp3) is 0.667. The predicted molar refractivity (Wildman–Crippen MR) is 82.2 cm³/mol. The van der Waals surface area contributed by atoms with Gasteiger partial charge in [-0.1, -0.05) is 0 Å². The molecule has 0 saturated carbocycles. The van der Waals surface area contributed by atoms with Crippen LogP contribution in [0.4, 0.5) is 0 Å². The van der Waals surface area contributed by atoms with Gasteiger partial charge in [-0.3, -0.25) is 4.90 Å². The summed E-state index contributed by atoms with van der Waals surface area (Å²) in [5, 5.41) is 0. The minimum atomic E-state index is -3.36. The molecule has 2 rings (SSSR count). The fourth-order valence-corrected chi connectivity index (χ4v) is 6.05. The summed E-state index contributed by atoms with van der Waals surface area (Å²) in [7, 11) is -1.33. The van der Waals surface area contributed by atoms with Gasteiger partial charge in [-0.25, -0.2) is 8.42 Å². The van der Waals surface area contributed by atoms with Crippen LogP contribution >= 0.6 is 27.3 Å². The Labute approximate surface area is 127 Å². The summed E-state index contributed by atoms with van der Waals surface area (Å²) in [6.07, 6.45) is 0. The quantitative estimate of drug-likeness (QED) is 0.807. The number of sulfonamides is 1. The van der Waals surface area contributed by atoms with E-state index in [1.54, 1.807) is 10.4 Å². The summed E-state index contributed by atoms with van der Waals surface area (Å²) in [6, 6.07) is 1.75. The van der Waals surface area contributed by atoms with E-state index in [4.69, 9.17) is 0 Å². The van der Waals surface area contributed by atoms with E-state index in [0.717, 1.165) is 15.9 Å². The maximum atomic E-state index is 12.6. The number of likely N-dealkylation sites (N-methyl/N-ethyl adjacent to an activating group) is 1.